The van der Waals surface area contributed by atoms with Crippen LogP contribution in [-0.4, -0.2) is 42.4 Å². The summed E-state index contributed by atoms with van der Waals surface area (Å²) in [4.78, 5) is 24.6. The van der Waals surface area contributed by atoms with Gasteiger partial charge in [-0.1, -0.05) is 23.7 Å². The van der Waals surface area contributed by atoms with Crippen molar-refractivity contribution in [2.45, 2.75) is 6.04 Å². The highest BCUT2D eigenvalue weighted by molar-refractivity contribution is 6.30. The Morgan fingerprint density at radius 2 is 2.19 bits per heavy atom. The number of aliphatic hydroxyl groups excluding tert-OH is 1. The zero-order chi connectivity index (χ0) is 22.7. The topological polar surface area (TPSA) is 131 Å². The van der Waals surface area contributed by atoms with Crippen molar-refractivity contribution in [2.24, 2.45) is 7.05 Å². The van der Waals surface area contributed by atoms with Gasteiger partial charge in [-0.25, -0.2) is 19.3 Å². The molecule has 3 heterocycles. The molecule has 0 aliphatic heterocycles. The molecule has 32 heavy (non-hydrogen) atoms. The smallest absolute Gasteiger partial charge is 0.307 e. The second-order valence-electron chi connectivity index (χ2n) is 6.66. The third-order valence-corrected chi connectivity index (χ3v) is 4.72. The van der Waals surface area contributed by atoms with Crippen LogP contribution in [0.25, 0.3) is 11.4 Å². The molecule has 0 unspecified atom stereocenters. The van der Waals surface area contributed by atoms with Crippen molar-refractivity contribution in [1.82, 2.24) is 30.0 Å². The van der Waals surface area contributed by atoms with Crippen LogP contribution in [0.3, 0.4) is 0 Å². The van der Waals surface area contributed by atoms with Gasteiger partial charge in [0.2, 0.25) is 5.95 Å². The molecule has 4 rings (SSSR count). The number of nitrogens with one attached hydrogen (secondary N) is 2. The molecule has 1 amide bonds. The number of oxazole rings is 1. The number of carbonyl (C=O) groups is 1. The van der Waals surface area contributed by atoms with Gasteiger partial charge >= 0.3 is 5.91 Å². The normalized spacial score (nSPS) is 11.9. The van der Waals surface area contributed by atoms with Crippen molar-refractivity contribution in [3.8, 4) is 11.4 Å². The Bertz CT molecular complexity index is 1260. The minimum atomic E-state index is -0.743. The summed E-state index contributed by atoms with van der Waals surface area (Å²) >= 11 is 5.97. The third-order valence-electron chi connectivity index (χ3n) is 4.48. The van der Waals surface area contributed by atoms with Crippen LogP contribution in [0.5, 0.6) is 0 Å². The van der Waals surface area contributed by atoms with Crippen LogP contribution < -0.4 is 10.6 Å². The highest BCUT2D eigenvalue weighted by Crippen LogP contribution is 2.23. The number of aliphatic hydroxyl groups is 1. The van der Waals surface area contributed by atoms with Crippen LogP contribution in [0.1, 0.15) is 22.3 Å². The van der Waals surface area contributed by atoms with Gasteiger partial charge in [0.05, 0.1) is 25.0 Å². The van der Waals surface area contributed by atoms with Gasteiger partial charge in [-0.2, -0.15) is 5.10 Å². The molecule has 0 bridgehead atoms. The Balaban J connectivity index is 1.53. The molecular weight excluding hydrogens is 441 g/mol. The predicted octanol–water partition coefficient (Wildman–Crippen LogP) is 2.86. The Hall–Kier alpha value is -3.83. The maximum Gasteiger partial charge on any atom is 0.307 e. The highest BCUT2D eigenvalue weighted by atomic mass is 35.5. The quantitative estimate of drug-likeness (QED) is 0.386. The summed E-state index contributed by atoms with van der Waals surface area (Å²) < 4.78 is 21.1. The van der Waals surface area contributed by atoms with E-state index in [4.69, 9.17) is 16.0 Å². The lowest BCUT2D eigenvalue weighted by atomic mass is 10.1. The fraction of sp³-hybridized carbons (Fsp3) is 0.150. The maximum absolute atomic E-state index is 14.3. The van der Waals surface area contributed by atoms with E-state index in [1.54, 1.807) is 48.3 Å². The van der Waals surface area contributed by atoms with E-state index in [2.05, 4.69) is 30.7 Å². The lowest BCUT2D eigenvalue weighted by Crippen LogP contribution is -2.31. The van der Waals surface area contributed by atoms with E-state index in [9.17, 15) is 14.3 Å². The highest BCUT2D eigenvalue weighted by Gasteiger charge is 2.21. The number of carbonyl (C=O) groups excluding carboxylic acids is 1. The lowest BCUT2D eigenvalue weighted by Gasteiger charge is -2.15. The molecule has 0 aliphatic carbocycles. The van der Waals surface area contributed by atoms with Gasteiger partial charge in [-0.15, -0.1) is 0 Å². The van der Waals surface area contributed by atoms with Gasteiger partial charge in [0.1, 0.15) is 23.5 Å². The van der Waals surface area contributed by atoms with Gasteiger partial charge in [0.15, 0.2) is 5.82 Å². The number of rotatable bonds is 7. The van der Waals surface area contributed by atoms with Crippen molar-refractivity contribution < 1.29 is 18.7 Å². The standard InChI is InChI=1S/C20H17ClFN7O3/c1-29-16(5-6-24-29)27-20-23-8-13(22)17(28-20)15-10-32-19(26-15)18(31)25-14(9-30)11-3-2-4-12(21)7-11/h2-8,10,14,30H,9H2,1H3,(H,25,31)(H,23,27,28)/t14-/m1/s1. The number of benzene rings is 1. The Labute approximate surface area is 186 Å². The van der Waals surface area contributed by atoms with E-state index in [1.165, 1.54) is 0 Å². The van der Waals surface area contributed by atoms with E-state index in [-0.39, 0.29) is 29.8 Å². The monoisotopic (exact) mass is 457 g/mol. The average molecular weight is 458 g/mol. The maximum atomic E-state index is 14.3. The first kappa shape index (κ1) is 21.4. The molecule has 164 valence electrons. The van der Waals surface area contributed by atoms with E-state index in [1.807, 2.05) is 0 Å². The number of hydrogen-bond acceptors (Lipinski definition) is 8. The van der Waals surface area contributed by atoms with Crippen LogP contribution in [-0.2, 0) is 7.05 Å². The molecule has 0 radical (unpaired) electrons. The summed E-state index contributed by atoms with van der Waals surface area (Å²) in [7, 11) is 1.72. The van der Waals surface area contributed by atoms with Gasteiger partial charge in [0, 0.05) is 18.1 Å². The van der Waals surface area contributed by atoms with Crippen molar-refractivity contribution in [1.29, 1.82) is 0 Å². The minimum Gasteiger partial charge on any atom is -0.440 e. The molecule has 3 aromatic heterocycles. The largest absolute Gasteiger partial charge is 0.440 e. The summed E-state index contributed by atoms with van der Waals surface area (Å²) in [6.07, 6.45) is 3.68. The number of amides is 1. The molecule has 10 nitrogen and oxygen atoms in total. The molecule has 0 aliphatic rings. The van der Waals surface area contributed by atoms with Crippen LogP contribution in [0.4, 0.5) is 16.2 Å². The van der Waals surface area contributed by atoms with Crippen LogP contribution in [0, 0.1) is 5.82 Å². The molecule has 0 saturated heterocycles. The summed E-state index contributed by atoms with van der Waals surface area (Å²) in [5.74, 6) is -1.05. The number of hydrogen-bond donors (Lipinski definition) is 3. The van der Waals surface area contributed by atoms with Gasteiger partial charge in [-0.05, 0) is 17.7 Å². The fourth-order valence-corrected chi connectivity index (χ4v) is 3.08. The molecule has 1 aromatic carbocycles. The average Bonchev–Trinajstić information content (AvgIpc) is 3.43. The number of nitrogens with zero attached hydrogens (tertiary/aromatic N) is 5. The summed E-state index contributed by atoms with van der Waals surface area (Å²) in [6.45, 7) is -0.372. The van der Waals surface area contributed by atoms with E-state index in [0.29, 0.717) is 16.4 Å². The van der Waals surface area contributed by atoms with Gasteiger partial charge < -0.3 is 20.2 Å². The number of halogens is 2. The first-order valence-electron chi connectivity index (χ1n) is 9.35. The lowest BCUT2D eigenvalue weighted by molar-refractivity contribution is 0.0881. The molecule has 12 heteroatoms. The van der Waals surface area contributed by atoms with Crippen LogP contribution >= 0.6 is 11.6 Å². The van der Waals surface area contributed by atoms with Gasteiger partial charge in [-0.3, -0.25) is 9.48 Å². The first-order chi connectivity index (χ1) is 15.4. The van der Waals surface area contributed by atoms with Crippen molar-refractivity contribution in [3.05, 3.63) is 71.3 Å². The summed E-state index contributed by atoms with van der Waals surface area (Å²) in [5, 5.41) is 19.6. The zero-order valence-electron chi connectivity index (χ0n) is 16.7. The zero-order valence-corrected chi connectivity index (χ0v) is 17.4. The Morgan fingerprint density at radius 1 is 1.34 bits per heavy atom. The molecule has 1 atom stereocenters. The molecule has 3 N–H and O–H groups in total. The summed E-state index contributed by atoms with van der Waals surface area (Å²) in [5.41, 5.74) is 0.459. The Morgan fingerprint density at radius 3 is 2.91 bits per heavy atom. The van der Waals surface area contributed by atoms with E-state index in [0.717, 1.165) is 12.5 Å². The Kier molecular flexibility index (Phi) is 6.10. The number of anilines is 2. The fourth-order valence-electron chi connectivity index (χ4n) is 2.88. The van der Waals surface area contributed by atoms with Gasteiger partial charge in [0.25, 0.3) is 5.89 Å². The SMILES string of the molecule is Cn1nccc1Nc1ncc(F)c(-c2coc(C(=O)N[C@H](CO)c3cccc(Cl)c3)n2)n1. The number of aryl methyl sites for hydroxylation is 1. The second-order valence-corrected chi connectivity index (χ2v) is 7.09. The van der Waals surface area contributed by atoms with Crippen LogP contribution in [0.15, 0.2) is 53.4 Å². The number of aromatic nitrogens is 5. The minimum absolute atomic E-state index is 0.00594. The van der Waals surface area contributed by atoms with E-state index < -0.39 is 17.8 Å². The third kappa shape index (κ3) is 4.58. The molecule has 0 fully saturated rings. The van der Waals surface area contributed by atoms with Crippen molar-refractivity contribution >= 4 is 29.3 Å². The second kappa shape index (κ2) is 9.12. The van der Waals surface area contributed by atoms with Crippen molar-refractivity contribution in [2.75, 3.05) is 11.9 Å². The predicted molar refractivity (Wildman–Crippen MR) is 113 cm³/mol. The molecule has 0 spiro atoms. The summed E-state index contributed by atoms with van der Waals surface area (Å²) in [6, 6.07) is 7.67. The first-order valence-corrected chi connectivity index (χ1v) is 9.73. The molecule has 0 saturated carbocycles. The molecular formula is C20H17ClFN7O3. The van der Waals surface area contributed by atoms with Crippen molar-refractivity contribution in [3.63, 3.8) is 0 Å². The molecule has 4 aromatic rings. The van der Waals surface area contributed by atoms with E-state index >= 15 is 0 Å². The van der Waals surface area contributed by atoms with Crippen LogP contribution in [0.2, 0.25) is 5.02 Å².